The highest BCUT2D eigenvalue weighted by Gasteiger charge is 2.20. The smallest absolute Gasteiger partial charge is 0.154 e. The van der Waals surface area contributed by atoms with Crippen molar-refractivity contribution in [2.45, 2.75) is 6.92 Å². The molecule has 0 aliphatic carbocycles. The van der Waals surface area contributed by atoms with Crippen molar-refractivity contribution < 1.29 is 0 Å². The second-order valence-electron chi connectivity index (χ2n) is 6.28. The highest BCUT2D eigenvalue weighted by Crippen LogP contribution is 2.24. The normalized spacial score (nSPS) is 14.6. The first-order valence-electron chi connectivity index (χ1n) is 8.61. The van der Waals surface area contributed by atoms with Crippen LogP contribution in [0.5, 0.6) is 0 Å². The van der Waals surface area contributed by atoms with Gasteiger partial charge >= 0.3 is 0 Å². The van der Waals surface area contributed by atoms with Gasteiger partial charge in [0.25, 0.3) is 0 Å². The van der Waals surface area contributed by atoms with Gasteiger partial charge in [0.15, 0.2) is 5.82 Å². The summed E-state index contributed by atoms with van der Waals surface area (Å²) in [5, 5.41) is 8.97. The number of aryl methyl sites for hydroxylation is 1. The quantitative estimate of drug-likeness (QED) is 0.737. The number of nitrogens with zero attached hydrogens (tertiary/aromatic N) is 5. The lowest BCUT2D eigenvalue weighted by molar-refractivity contribution is 0.642. The lowest BCUT2D eigenvalue weighted by atomic mass is 10.1. The molecule has 1 aliphatic heterocycles. The number of anilines is 2. The van der Waals surface area contributed by atoms with E-state index < -0.39 is 0 Å². The fourth-order valence-corrected chi connectivity index (χ4v) is 3.27. The molecule has 4 rings (SSSR count). The summed E-state index contributed by atoms with van der Waals surface area (Å²) < 4.78 is 0. The van der Waals surface area contributed by atoms with Crippen LogP contribution >= 0.6 is 0 Å². The first-order valence-corrected chi connectivity index (χ1v) is 8.61. The van der Waals surface area contributed by atoms with Crippen LogP contribution < -0.4 is 9.80 Å². The lowest BCUT2D eigenvalue weighted by Gasteiger charge is -2.37. The Hall–Kier alpha value is -2.95. The maximum atomic E-state index is 4.52. The molecule has 0 N–H and O–H groups in total. The predicted octanol–water partition coefficient (Wildman–Crippen LogP) is 3.17. The minimum atomic E-state index is 0.928. The molecule has 126 valence electrons. The summed E-state index contributed by atoms with van der Waals surface area (Å²) in [6, 6.07) is 16.5. The average molecular weight is 331 g/mol. The van der Waals surface area contributed by atoms with E-state index in [1.165, 1.54) is 11.3 Å². The molecule has 1 fully saturated rings. The van der Waals surface area contributed by atoms with Crippen molar-refractivity contribution in [3.8, 4) is 11.3 Å². The van der Waals surface area contributed by atoms with Crippen LogP contribution in [0.3, 0.4) is 0 Å². The zero-order valence-electron chi connectivity index (χ0n) is 14.3. The summed E-state index contributed by atoms with van der Waals surface area (Å²) in [5.41, 5.74) is 4.44. The molecule has 25 heavy (non-hydrogen) atoms. The summed E-state index contributed by atoms with van der Waals surface area (Å²) in [7, 11) is 0. The number of piperazine rings is 1. The number of aromatic nitrogens is 3. The van der Waals surface area contributed by atoms with Crippen LogP contribution in [0.1, 0.15) is 5.56 Å². The standard InChI is InChI=1S/C20H21N5/c1-16-15-19(17-5-3-2-4-6-17)22-23-20(16)25-13-11-24(12-14-25)18-7-9-21-10-8-18/h2-10,15H,11-14H2,1H3. The van der Waals surface area contributed by atoms with Gasteiger partial charge in [0, 0.05) is 49.8 Å². The number of rotatable bonds is 3. The van der Waals surface area contributed by atoms with Gasteiger partial charge in [0.1, 0.15) is 0 Å². The third kappa shape index (κ3) is 3.31. The zero-order valence-corrected chi connectivity index (χ0v) is 14.3. The Bertz CT molecular complexity index is 827. The van der Waals surface area contributed by atoms with Crippen LogP contribution in [0.25, 0.3) is 11.3 Å². The van der Waals surface area contributed by atoms with Crippen LogP contribution in [-0.4, -0.2) is 41.4 Å². The van der Waals surface area contributed by atoms with Gasteiger partial charge in [-0.25, -0.2) is 0 Å². The molecule has 5 nitrogen and oxygen atoms in total. The van der Waals surface area contributed by atoms with Gasteiger partial charge < -0.3 is 9.80 Å². The molecule has 2 aromatic heterocycles. The minimum Gasteiger partial charge on any atom is -0.368 e. The SMILES string of the molecule is Cc1cc(-c2ccccc2)nnc1N1CCN(c2ccncc2)CC1. The minimum absolute atomic E-state index is 0.928. The van der Waals surface area contributed by atoms with Gasteiger partial charge in [0.2, 0.25) is 0 Å². The number of hydrogen-bond donors (Lipinski definition) is 0. The van der Waals surface area contributed by atoms with Crippen LogP contribution in [0, 0.1) is 6.92 Å². The third-order valence-electron chi connectivity index (χ3n) is 4.64. The third-order valence-corrected chi connectivity index (χ3v) is 4.64. The molecule has 0 atom stereocenters. The van der Waals surface area contributed by atoms with Crippen LogP contribution in [0.2, 0.25) is 0 Å². The Morgan fingerprint density at radius 1 is 0.800 bits per heavy atom. The molecule has 0 amide bonds. The molecule has 1 aromatic carbocycles. The summed E-state index contributed by atoms with van der Waals surface area (Å²) in [5.74, 6) is 0.994. The molecule has 0 spiro atoms. The van der Waals surface area contributed by atoms with E-state index >= 15 is 0 Å². The number of pyridine rings is 1. The van der Waals surface area contributed by atoms with E-state index in [-0.39, 0.29) is 0 Å². The van der Waals surface area contributed by atoms with Gasteiger partial charge in [-0.05, 0) is 30.7 Å². The summed E-state index contributed by atoms with van der Waals surface area (Å²) in [6.45, 7) is 5.97. The van der Waals surface area contributed by atoms with Gasteiger partial charge in [0.05, 0.1) is 5.69 Å². The number of benzene rings is 1. The monoisotopic (exact) mass is 331 g/mol. The van der Waals surface area contributed by atoms with Crippen molar-refractivity contribution in [3.63, 3.8) is 0 Å². The molecule has 1 aliphatic rings. The van der Waals surface area contributed by atoms with Crippen molar-refractivity contribution >= 4 is 11.5 Å². The molecular formula is C20H21N5. The number of hydrogen-bond acceptors (Lipinski definition) is 5. The maximum absolute atomic E-state index is 4.52. The average Bonchev–Trinajstić information content (AvgIpc) is 2.69. The van der Waals surface area contributed by atoms with Crippen molar-refractivity contribution in [1.29, 1.82) is 0 Å². The lowest BCUT2D eigenvalue weighted by Crippen LogP contribution is -2.47. The van der Waals surface area contributed by atoms with Crippen molar-refractivity contribution in [3.05, 3.63) is 66.5 Å². The van der Waals surface area contributed by atoms with E-state index in [9.17, 15) is 0 Å². The predicted molar refractivity (Wildman–Crippen MR) is 101 cm³/mol. The van der Waals surface area contributed by atoms with Gasteiger partial charge in [-0.1, -0.05) is 30.3 Å². The fraction of sp³-hybridized carbons (Fsp3) is 0.250. The second-order valence-corrected chi connectivity index (χ2v) is 6.28. The molecule has 0 bridgehead atoms. The van der Waals surface area contributed by atoms with Crippen molar-refractivity contribution in [2.24, 2.45) is 0 Å². The molecule has 1 saturated heterocycles. The van der Waals surface area contributed by atoms with E-state index in [4.69, 9.17) is 0 Å². The Morgan fingerprint density at radius 2 is 1.48 bits per heavy atom. The molecular weight excluding hydrogens is 310 g/mol. The molecule has 3 heterocycles. The van der Waals surface area contributed by atoms with Gasteiger partial charge in [-0.3, -0.25) is 4.98 Å². The van der Waals surface area contributed by atoms with Gasteiger partial charge in [-0.2, -0.15) is 0 Å². The summed E-state index contributed by atoms with van der Waals surface area (Å²) >= 11 is 0. The summed E-state index contributed by atoms with van der Waals surface area (Å²) in [4.78, 5) is 8.81. The Balaban J connectivity index is 1.48. The van der Waals surface area contributed by atoms with Crippen LogP contribution in [-0.2, 0) is 0 Å². The van der Waals surface area contributed by atoms with Crippen molar-refractivity contribution in [2.75, 3.05) is 36.0 Å². The van der Waals surface area contributed by atoms with Crippen LogP contribution in [0.15, 0.2) is 60.9 Å². The zero-order chi connectivity index (χ0) is 17.1. The largest absolute Gasteiger partial charge is 0.368 e. The second kappa shape index (κ2) is 6.89. The topological polar surface area (TPSA) is 45.2 Å². The van der Waals surface area contributed by atoms with E-state index in [1.54, 1.807) is 0 Å². The Labute approximate surface area is 148 Å². The molecule has 3 aromatic rings. The van der Waals surface area contributed by atoms with E-state index in [0.717, 1.165) is 43.3 Å². The van der Waals surface area contributed by atoms with E-state index in [1.807, 2.05) is 30.6 Å². The molecule has 0 unspecified atom stereocenters. The fourth-order valence-electron chi connectivity index (χ4n) is 3.27. The molecule has 0 saturated carbocycles. The highest BCUT2D eigenvalue weighted by molar-refractivity contribution is 5.62. The van der Waals surface area contributed by atoms with E-state index in [2.05, 4.69) is 62.2 Å². The van der Waals surface area contributed by atoms with Gasteiger partial charge in [-0.15, -0.1) is 10.2 Å². The first kappa shape index (κ1) is 15.6. The highest BCUT2D eigenvalue weighted by atomic mass is 15.3. The Morgan fingerprint density at radius 3 is 2.16 bits per heavy atom. The Kier molecular flexibility index (Phi) is 4.29. The molecule has 5 heteroatoms. The summed E-state index contributed by atoms with van der Waals surface area (Å²) in [6.07, 6.45) is 3.69. The first-order chi connectivity index (χ1) is 12.3. The van der Waals surface area contributed by atoms with Crippen LogP contribution in [0.4, 0.5) is 11.5 Å². The van der Waals surface area contributed by atoms with Crippen molar-refractivity contribution in [1.82, 2.24) is 15.2 Å². The maximum Gasteiger partial charge on any atom is 0.154 e. The molecule has 0 radical (unpaired) electrons. The van der Waals surface area contributed by atoms with E-state index in [0.29, 0.717) is 0 Å².